The number of carbonyl (C=O) groups excluding carboxylic acids is 1. The van der Waals surface area contributed by atoms with Crippen LogP contribution in [-0.4, -0.2) is 18.6 Å². The Labute approximate surface area is 98.7 Å². The third kappa shape index (κ3) is 4.52. The molecular formula is C13H25NO2. The molecule has 1 atom stereocenters. The molecule has 1 rings (SSSR count). The molecule has 0 aromatic rings. The first-order chi connectivity index (χ1) is 7.77. The van der Waals surface area contributed by atoms with E-state index in [1.54, 1.807) is 0 Å². The Morgan fingerprint density at radius 1 is 1.31 bits per heavy atom. The van der Waals surface area contributed by atoms with Crippen LogP contribution in [-0.2, 0) is 9.53 Å². The van der Waals surface area contributed by atoms with Crippen molar-refractivity contribution in [3.63, 3.8) is 0 Å². The number of rotatable bonds is 5. The summed E-state index contributed by atoms with van der Waals surface area (Å²) in [4.78, 5) is 11.8. The van der Waals surface area contributed by atoms with Crippen molar-refractivity contribution in [3.05, 3.63) is 0 Å². The van der Waals surface area contributed by atoms with E-state index in [2.05, 4.69) is 6.92 Å². The molecule has 1 aliphatic carbocycles. The van der Waals surface area contributed by atoms with Crippen LogP contribution in [0.3, 0.4) is 0 Å². The molecule has 0 bridgehead atoms. The summed E-state index contributed by atoms with van der Waals surface area (Å²) >= 11 is 0. The Balaban J connectivity index is 2.35. The van der Waals surface area contributed by atoms with Crippen molar-refractivity contribution in [2.24, 2.45) is 11.7 Å². The van der Waals surface area contributed by atoms with Gasteiger partial charge in [-0.05, 0) is 32.1 Å². The second kappa shape index (κ2) is 7.66. The fourth-order valence-electron chi connectivity index (χ4n) is 2.30. The molecule has 1 saturated carbocycles. The lowest BCUT2D eigenvalue weighted by Gasteiger charge is -2.19. The standard InChI is InChI=1S/C13H25NO2/c1-2-7-11(10-14)13(15)16-12-8-5-3-4-6-9-12/h11-12H,2-10,14H2,1H3. The van der Waals surface area contributed by atoms with Gasteiger partial charge in [-0.15, -0.1) is 0 Å². The molecule has 0 aliphatic heterocycles. The van der Waals surface area contributed by atoms with Crippen LogP contribution in [0.15, 0.2) is 0 Å². The smallest absolute Gasteiger partial charge is 0.310 e. The van der Waals surface area contributed by atoms with Crippen molar-refractivity contribution in [1.82, 2.24) is 0 Å². The normalized spacial score (nSPS) is 20.1. The highest BCUT2D eigenvalue weighted by atomic mass is 16.5. The van der Waals surface area contributed by atoms with Crippen LogP contribution in [0.25, 0.3) is 0 Å². The van der Waals surface area contributed by atoms with Gasteiger partial charge in [0.25, 0.3) is 0 Å². The molecule has 0 heterocycles. The second-order valence-electron chi connectivity index (χ2n) is 4.77. The second-order valence-corrected chi connectivity index (χ2v) is 4.77. The van der Waals surface area contributed by atoms with Crippen LogP contribution in [0.2, 0.25) is 0 Å². The number of ether oxygens (including phenoxy) is 1. The molecule has 3 heteroatoms. The van der Waals surface area contributed by atoms with E-state index in [-0.39, 0.29) is 18.0 Å². The number of esters is 1. The molecule has 3 nitrogen and oxygen atoms in total. The molecule has 0 aromatic heterocycles. The van der Waals surface area contributed by atoms with Crippen LogP contribution >= 0.6 is 0 Å². The monoisotopic (exact) mass is 227 g/mol. The van der Waals surface area contributed by atoms with Crippen molar-refractivity contribution >= 4 is 5.97 Å². The zero-order valence-electron chi connectivity index (χ0n) is 10.4. The number of hydrogen-bond acceptors (Lipinski definition) is 3. The van der Waals surface area contributed by atoms with Gasteiger partial charge in [-0.1, -0.05) is 26.2 Å². The predicted molar refractivity (Wildman–Crippen MR) is 65.0 cm³/mol. The molecule has 0 spiro atoms. The zero-order valence-corrected chi connectivity index (χ0v) is 10.4. The lowest BCUT2D eigenvalue weighted by Crippen LogP contribution is -2.29. The average Bonchev–Trinajstić information content (AvgIpc) is 2.54. The lowest BCUT2D eigenvalue weighted by atomic mass is 10.0. The van der Waals surface area contributed by atoms with Crippen LogP contribution in [0.1, 0.15) is 58.3 Å². The van der Waals surface area contributed by atoms with Crippen molar-refractivity contribution in [1.29, 1.82) is 0 Å². The number of nitrogens with two attached hydrogens (primary N) is 1. The molecule has 16 heavy (non-hydrogen) atoms. The Morgan fingerprint density at radius 2 is 1.94 bits per heavy atom. The van der Waals surface area contributed by atoms with E-state index in [9.17, 15) is 4.79 Å². The first-order valence-corrected chi connectivity index (χ1v) is 6.68. The maximum absolute atomic E-state index is 11.8. The van der Waals surface area contributed by atoms with Gasteiger partial charge in [0, 0.05) is 6.54 Å². The van der Waals surface area contributed by atoms with Crippen molar-refractivity contribution < 1.29 is 9.53 Å². The topological polar surface area (TPSA) is 52.3 Å². The Hall–Kier alpha value is -0.570. The summed E-state index contributed by atoms with van der Waals surface area (Å²) in [6, 6.07) is 0. The highest BCUT2D eigenvalue weighted by Gasteiger charge is 2.22. The molecular weight excluding hydrogens is 202 g/mol. The van der Waals surface area contributed by atoms with E-state index in [1.165, 1.54) is 25.7 Å². The van der Waals surface area contributed by atoms with Gasteiger partial charge in [-0.25, -0.2) is 0 Å². The molecule has 0 aromatic carbocycles. The Morgan fingerprint density at radius 3 is 2.44 bits per heavy atom. The summed E-state index contributed by atoms with van der Waals surface area (Å²) < 4.78 is 5.56. The summed E-state index contributed by atoms with van der Waals surface area (Å²) in [6.07, 6.45) is 9.01. The minimum Gasteiger partial charge on any atom is -0.462 e. The van der Waals surface area contributed by atoms with Gasteiger partial charge in [-0.3, -0.25) is 4.79 Å². The first kappa shape index (κ1) is 13.5. The van der Waals surface area contributed by atoms with E-state index < -0.39 is 0 Å². The third-order valence-electron chi connectivity index (χ3n) is 3.34. The van der Waals surface area contributed by atoms with Crippen LogP contribution < -0.4 is 5.73 Å². The molecule has 0 radical (unpaired) electrons. The van der Waals surface area contributed by atoms with Gasteiger partial charge in [0.15, 0.2) is 0 Å². The van der Waals surface area contributed by atoms with E-state index in [1.807, 2.05) is 0 Å². The SMILES string of the molecule is CCCC(CN)C(=O)OC1CCCCCC1. The minimum atomic E-state index is -0.0896. The quantitative estimate of drug-likeness (QED) is 0.580. The molecule has 0 saturated heterocycles. The van der Waals surface area contributed by atoms with Crippen molar-refractivity contribution in [2.45, 2.75) is 64.4 Å². The molecule has 1 fully saturated rings. The number of hydrogen-bond donors (Lipinski definition) is 1. The van der Waals surface area contributed by atoms with Gasteiger partial charge in [0.1, 0.15) is 6.10 Å². The molecule has 94 valence electrons. The van der Waals surface area contributed by atoms with Crippen molar-refractivity contribution in [2.75, 3.05) is 6.54 Å². The van der Waals surface area contributed by atoms with Gasteiger partial charge >= 0.3 is 5.97 Å². The fourth-order valence-corrected chi connectivity index (χ4v) is 2.30. The average molecular weight is 227 g/mol. The Kier molecular flexibility index (Phi) is 6.46. The maximum atomic E-state index is 11.8. The first-order valence-electron chi connectivity index (χ1n) is 6.68. The van der Waals surface area contributed by atoms with E-state index in [0.717, 1.165) is 25.7 Å². The summed E-state index contributed by atoms with van der Waals surface area (Å²) in [7, 11) is 0. The predicted octanol–water partition coefficient (Wildman–Crippen LogP) is 2.63. The third-order valence-corrected chi connectivity index (χ3v) is 3.34. The summed E-state index contributed by atoms with van der Waals surface area (Å²) in [5.74, 6) is -0.162. The van der Waals surface area contributed by atoms with E-state index in [4.69, 9.17) is 10.5 Å². The van der Waals surface area contributed by atoms with Crippen LogP contribution in [0.5, 0.6) is 0 Å². The highest BCUT2D eigenvalue weighted by molar-refractivity contribution is 5.72. The Bertz CT molecular complexity index is 198. The highest BCUT2D eigenvalue weighted by Crippen LogP contribution is 2.21. The summed E-state index contributed by atoms with van der Waals surface area (Å²) in [6.45, 7) is 2.49. The summed E-state index contributed by atoms with van der Waals surface area (Å²) in [5.41, 5.74) is 5.59. The summed E-state index contributed by atoms with van der Waals surface area (Å²) in [5, 5.41) is 0. The van der Waals surface area contributed by atoms with Gasteiger partial charge in [-0.2, -0.15) is 0 Å². The maximum Gasteiger partial charge on any atom is 0.310 e. The molecule has 1 unspecified atom stereocenters. The number of carbonyl (C=O) groups is 1. The molecule has 0 amide bonds. The molecule has 2 N–H and O–H groups in total. The minimum absolute atomic E-state index is 0.0729. The van der Waals surface area contributed by atoms with E-state index >= 15 is 0 Å². The van der Waals surface area contributed by atoms with Gasteiger partial charge in [0.05, 0.1) is 5.92 Å². The fraction of sp³-hybridized carbons (Fsp3) is 0.923. The largest absolute Gasteiger partial charge is 0.462 e. The van der Waals surface area contributed by atoms with Gasteiger partial charge in [0.2, 0.25) is 0 Å². The van der Waals surface area contributed by atoms with Crippen LogP contribution in [0, 0.1) is 5.92 Å². The van der Waals surface area contributed by atoms with Gasteiger partial charge < -0.3 is 10.5 Å². The zero-order chi connectivity index (χ0) is 11.8. The molecule has 1 aliphatic rings. The van der Waals surface area contributed by atoms with Crippen molar-refractivity contribution in [3.8, 4) is 0 Å². The van der Waals surface area contributed by atoms with E-state index in [0.29, 0.717) is 6.54 Å². The van der Waals surface area contributed by atoms with Crippen LogP contribution in [0.4, 0.5) is 0 Å². The lowest BCUT2D eigenvalue weighted by molar-refractivity contribution is -0.154.